The molecule has 3 atom stereocenters. The second-order valence-electron chi connectivity index (χ2n) is 7.47. The van der Waals surface area contributed by atoms with Crippen molar-refractivity contribution in [2.24, 2.45) is 10.9 Å². The molecule has 3 unspecified atom stereocenters. The van der Waals surface area contributed by atoms with Crippen molar-refractivity contribution in [3.63, 3.8) is 0 Å². The highest BCUT2D eigenvalue weighted by Gasteiger charge is 2.32. The van der Waals surface area contributed by atoms with E-state index < -0.39 is 0 Å². The number of pyridine rings is 1. The number of ether oxygens (including phenoxy) is 2. The largest absolute Gasteiger partial charge is 0.375 e. The first-order valence-corrected chi connectivity index (χ1v) is 9.77. The molecule has 1 aromatic heterocycles. The normalized spacial score (nSPS) is 25.5. The SMILES string of the molecule is CN=C(NCC(c1cccnc1)C(C)C)N1CCOC(C2CCCO2)C1. The molecule has 6 nitrogen and oxygen atoms in total. The quantitative estimate of drug-likeness (QED) is 0.645. The van der Waals surface area contributed by atoms with Crippen molar-refractivity contribution in [1.29, 1.82) is 0 Å². The first-order valence-electron chi connectivity index (χ1n) is 9.77. The Balaban J connectivity index is 1.59. The summed E-state index contributed by atoms with van der Waals surface area (Å²) in [6.07, 6.45) is 6.40. The number of nitrogens with zero attached hydrogens (tertiary/aromatic N) is 3. The maximum Gasteiger partial charge on any atom is 0.193 e. The summed E-state index contributed by atoms with van der Waals surface area (Å²) < 4.78 is 11.8. The molecule has 1 N–H and O–H groups in total. The first-order chi connectivity index (χ1) is 12.7. The van der Waals surface area contributed by atoms with Crippen LogP contribution in [0.1, 0.15) is 38.2 Å². The predicted octanol–water partition coefficient (Wildman–Crippen LogP) is 2.28. The van der Waals surface area contributed by atoms with Crippen LogP contribution in [0.25, 0.3) is 0 Å². The Labute approximate surface area is 157 Å². The molecule has 3 heterocycles. The van der Waals surface area contributed by atoms with Gasteiger partial charge in [-0.15, -0.1) is 0 Å². The van der Waals surface area contributed by atoms with Crippen molar-refractivity contribution in [3.8, 4) is 0 Å². The highest BCUT2D eigenvalue weighted by Crippen LogP contribution is 2.23. The van der Waals surface area contributed by atoms with Gasteiger partial charge in [-0.2, -0.15) is 0 Å². The van der Waals surface area contributed by atoms with Gasteiger partial charge in [0.1, 0.15) is 6.10 Å². The van der Waals surface area contributed by atoms with Gasteiger partial charge in [0, 0.05) is 51.6 Å². The van der Waals surface area contributed by atoms with Crippen LogP contribution < -0.4 is 5.32 Å². The van der Waals surface area contributed by atoms with E-state index in [-0.39, 0.29) is 12.2 Å². The van der Waals surface area contributed by atoms with Gasteiger partial charge in [0.2, 0.25) is 0 Å². The van der Waals surface area contributed by atoms with Crippen molar-refractivity contribution in [3.05, 3.63) is 30.1 Å². The fourth-order valence-corrected chi connectivity index (χ4v) is 3.86. The third-order valence-electron chi connectivity index (χ3n) is 5.38. The molecule has 6 heteroatoms. The molecule has 2 fully saturated rings. The maximum atomic E-state index is 5.96. The van der Waals surface area contributed by atoms with Crippen LogP contribution in [0.2, 0.25) is 0 Å². The van der Waals surface area contributed by atoms with Gasteiger partial charge in [-0.25, -0.2) is 0 Å². The van der Waals surface area contributed by atoms with Crippen LogP contribution >= 0.6 is 0 Å². The molecule has 0 aliphatic carbocycles. The lowest BCUT2D eigenvalue weighted by Gasteiger charge is -2.37. The van der Waals surface area contributed by atoms with Gasteiger partial charge in [0.15, 0.2) is 5.96 Å². The average Bonchev–Trinajstić information content (AvgIpc) is 3.21. The minimum atomic E-state index is 0.143. The van der Waals surface area contributed by atoms with E-state index in [0.717, 1.165) is 51.6 Å². The summed E-state index contributed by atoms with van der Waals surface area (Å²) in [6, 6.07) is 4.16. The fraction of sp³-hybridized carbons (Fsp3) is 0.700. The number of aromatic nitrogens is 1. The minimum absolute atomic E-state index is 0.143. The molecule has 2 aliphatic heterocycles. The molecule has 2 saturated heterocycles. The van der Waals surface area contributed by atoms with Crippen LogP contribution in [-0.2, 0) is 9.47 Å². The Bertz CT molecular complexity index is 572. The molecular formula is C20H32N4O2. The van der Waals surface area contributed by atoms with Gasteiger partial charge in [0.05, 0.1) is 12.7 Å². The average molecular weight is 361 g/mol. The molecule has 144 valence electrons. The summed E-state index contributed by atoms with van der Waals surface area (Å²) in [7, 11) is 1.85. The third kappa shape index (κ3) is 4.74. The second kappa shape index (κ2) is 9.33. The molecule has 0 radical (unpaired) electrons. The zero-order chi connectivity index (χ0) is 18.4. The number of aliphatic imine (C=N–C) groups is 1. The van der Waals surface area contributed by atoms with E-state index in [4.69, 9.17) is 9.47 Å². The molecule has 2 aliphatic rings. The van der Waals surface area contributed by atoms with Gasteiger partial charge in [-0.3, -0.25) is 9.98 Å². The van der Waals surface area contributed by atoms with E-state index in [0.29, 0.717) is 11.8 Å². The van der Waals surface area contributed by atoms with Crippen molar-refractivity contribution >= 4 is 5.96 Å². The Morgan fingerprint density at radius 3 is 2.85 bits per heavy atom. The van der Waals surface area contributed by atoms with Crippen molar-refractivity contribution in [1.82, 2.24) is 15.2 Å². The Hall–Kier alpha value is -1.66. The molecular weight excluding hydrogens is 328 g/mol. The summed E-state index contributed by atoms with van der Waals surface area (Å²) in [5.74, 6) is 1.87. The van der Waals surface area contributed by atoms with E-state index in [9.17, 15) is 0 Å². The van der Waals surface area contributed by atoms with Crippen LogP contribution in [0.5, 0.6) is 0 Å². The molecule has 0 saturated carbocycles. The molecule has 0 amide bonds. The number of rotatable bonds is 5. The molecule has 3 rings (SSSR count). The van der Waals surface area contributed by atoms with Gasteiger partial charge in [-0.1, -0.05) is 19.9 Å². The van der Waals surface area contributed by atoms with Crippen LogP contribution in [0, 0.1) is 5.92 Å². The lowest BCUT2D eigenvalue weighted by atomic mass is 9.89. The number of nitrogens with one attached hydrogen (secondary N) is 1. The topological polar surface area (TPSA) is 59.0 Å². The van der Waals surface area contributed by atoms with Gasteiger partial charge < -0.3 is 19.7 Å². The van der Waals surface area contributed by atoms with E-state index in [1.165, 1.54) is 5.56 Å². The van der Waals surface area contributed by atoms with Crippen LogP contribution in [-0.4, -0.2) is 67.9 Å². The highest BCUT2D eigenvalue weighted by molar-refractivity contribution is 5.80. The molecule has 0 spiro atoms. The van der Waals surface area contributed by atoms with Gasteiger partial charge >= 0.3 is 0 Å². The summed E-state index contributed by atoms with van der Waals surface area (Å²) in [6.45, 7) is 8.64. The summed E-state index contributed by atoms with van der Waals surface area (Å²) in [4.78, 5) is 11.1. The lowest BCUT2D eigenvalue weighted by molar-refractivity contribution is -0.0817. The van der Waals surface area contributed by atoms with E-state index in [1.807, 2.05) is 25.5 Å². The molecule has 1 aromatic rings. The van der Waals surface area contributed by atoms with Crippen molar-refractivity contribution in [2.45, 2.75) is 44.8 Å². The minimum Gasteiger partial charge on any atom is -0.375 e. The highest BCUT2D eigenvalue weighted by atomic mass is 16.5. The van der Waals surface area contributed by atoms with Crippen LogP contribution in [0.4, 0.5) is 0 Å². The first kappa shape index (κ1) is 19.1. The zero-order valence-corrected chi connectivity index (χ0v) is 16.2. The number of hydrogen-bond donors (Lipinski definition) is 1. The Morgan fingerprint density at radius 1 is 1.35 bits per heavy atom. The van der Waals surface area contributed by atoms with Crippen LogP contribution in [0.15, 0.2) is 29.5 Å². The standard InChI is InChI=1S/C20H32N4O2/c1-15(2)17(16-6-4-8-22-12-16)13-23-20(21-3)24-9-11-26-19(14-24)18-7-5-10-25-18/h4,6,8,12,15,17-19H,5,7,9-11,13-14H2,1-3H3,(H,21,23). The number of guanidine groups is 1. The van der Waals surface area contributed by atoms with E-state index >= 15 is 0 Å². The second-order valence-corrected chi connectivity index (χ2v) is 7.47. The van der Waals surface area contributed by atoms with E-state index in [1.54, 1.807) is 0 Å². The summed E-state index contributed by atoms with van der Waals surface area (Å²) in [5, 5.41) is 3.58. The smallest absolute Gasteiger partial charge is 0.193 e. The summed E-state index contributed by atoms with van der Waals surface area (Å²) >= 11 is 0. The van der Waals surface area contributed by atoms with Gasteiger partial charge in [-0.05, 0) is 30.4 Å². The monoisotopic (exact) mass is 360 g/mol. The molecule has 0 aromatic carbocycles. The Kier molecular flexibility index (Phi) is 6.86. The van der Waals surface area contributed by atoms with Gasteiger partial charge in [0.25, 0.3) is 0 Å². The molecule has 0 bridgehead atoms. The number of hydrogen-bond acceptors (Lipinski definition) is 4. The molecule has 26 heavy (non-hydrogen) atoms. The van der Waals surface area contributed by atoms with Crippen LogP contribution in [0.3, 0.4) is 0 Å². The predicted molar refractivity (Wildman–Crippen MR) is 103 cm³/mol. The lowest BCUT2D eigenvalue weighted by Crippen LogP contribution is -2.53. The van der Waals surface area contributed by atoms with Crippen molar-refractivity contribution in [2.75, 3.05) is 39.9 Å². The maximum absolute atomic E-state index is 5.96. The third-order valence-corrected chi connectivity index (χ3v) is 5.38. The summed E-state index contributed by atoms with van der Waals surface area (Å²) in [5.41, 5.74) is 1.27. The van der Waals surface area contributed by atoms with Crippen molar-refractivity contribution < 1.29 is 9.47 Å². The zero-order valence-electron chi connectivity index (χ0n) is 16.2. The van der Waals surface area contributed by atoms with E-state index in [2.05, 4.69) is 40.1 Å². The number of morpholine rings is 1. The fourth-order valence-electron chi connectivity index (χ4n) is 3.86. The Morgan fingerprint density at radius 2 is 2.19 bits per heavy atom.